The average molecular weight is 424 g/mol. The van der Waals surface area contributed by atoms with Crippen LogP contribution in [0.1, 0.15) is 10.5 Å². The van der Waals surface area contributed by atoms with E-state index in [1.807, 2.05) is 24.3 Å². The summed E-state index contributed by atoms with van der Waals surface area (Å²) in [7, 11) is -3.58. The van der Waals surface area contributed by atoms with Gasteiger partial charge in [0.05, 0.1) is 6.54 Å². The lowest BCUT2D eigenvalue weighted by atomic mass is 10.2. The first-order chi connectivity index (χ1) is 13.5. The highest BCUT2D eigenvalue weighted by molar-refractivity contribution is 7.99. The van der Waals surface area contributed by atoms with Crippen molar-refractivity contribution in [1.29, 1.82) is 0 Å². The molecule has 1 saturated heterocycles. The predicted octanol–water partition coefficient (Wildman–Crippen LogP) is 1.32. The second-order valence-corrected chi connectivity index (χ2v) is 9.64. The van der Waals surface area contributed by atoms with Gasteiger partial charge in [0, 0.05) is 30.8 Å². The van der Waals surface area contributed by atoms with Crippen molar-refractivity contribution in [3.05, 3.63) is 42.2 Å². The molecular formula is C18H21N3O5S2. The van der Waals surface area contributed by atoms with E-state index in [0.717, 1.165) is 11.5 Å². The molecule has 8 nitrogen and oxygen atoms in total. The molecule has 0 aliphatic carbocycles. The van der Waals surface area contributed by atoms with Crippen molar-refractivity contribution in [3.8, 4) is 11.5 Å². The van der Waals surface area contributed by atoms with E-state index in [4.69, 9.17) is 9.47 Å². The molecule has 2 aliphatic rings. The number of sulfonamides is 1. The summed E-state index contributed by atoms with van der Waals surface area (Å²) in [5, 5.41) is 2.76. The maximum Gasteiger partial charge on any atom is 0.267 e. The molecule has 2 N–H and O–H groups in total. The molecule has 1 amide bonds. The van der Waals surface area contributed by atoms with Gasteiger partial charge in [-0.2, -0.15) is 16.1 Å². The zero-order valence-electron chi connectivity index (χ0n) is 15.1. The fourth-order valence-electron chi connectivity index (χ4n) is 3.06. The van der Waals surface area contributed by atoms with Crippen LogP contribution in [-0.2, 0) is 10.0 Å². The van der Waals surface area contributed by atoms with Gasteiger partial charge in [0.2, 0.25) is 10.0 Å². The van der Waals surface area contributed by atoms with Gasteiger partial charge in [-0.15, -0.1) is 0 Å². The first-order valence-corrected chi connectivity index (χ1v) is 11.6. The van der Waals surface area contributed by atoms with Crippen LogP contribution in [0, 0.1) is 0 Å². The summed E-state index contributed by atoms with van der Waals surface area (Å²) in [6, 6.07) is 8.73. The number of carbonyl (C=O) groups is 1. The highest BCUT2D eigenvalue weighted by Crippen LogP contribution is 2.30. The summed E-state index contributed by atoms with van der Waals surface area (Å²) in [6.45, 7) is 1.55. The minimum atomic E-state index is -3.58. The van der Waals surface area contributed by atoms with Crippen molar-refractivity contribution in [2.24, 2.45) is 0 Å². The van der Waals surface area contributed by atoms with Gasteiger partial charge in [-0.05, 0) is 18.2 Å². The number of amides is 1. The number of benzene rings is 1. The number of ether oxygens (including phenoxy) is 2. The Labute approximate surface area is 167 Å². The molecule has 10 heteroatoms. The zero-order chi connectivity index (χ0) is 19.6. The highest BCUT2D eigenvalue weighted by Gasteiger charge is 2.28. The average Bonchev–Trinajstić information content (AvgIpc) is 3.24. The van der Waals surface area contributed by atoms with Crippen LogP contribution in [0.15, 0.2) is 41.4 Å². The van der Waals surface area contributed by atoms with Gasteiger partial charge in [0.1, 0.15) is 23.3 Å². The number of para-hydroxylation sites is 2. The molecule has 0 spiro atoms. The molecule has 1 atom stereocenters. The lowest BCUT2D eigenvalue weighted by Crippen LogP contribution is -2.40. The number of rotatable bonds is 5. The first kappa shape index (κ1) is 19.2. The fourth-order valence-corrected chi connectivity index (χ4v) is 5.63. The molecule has 150 valence electrons. The van der Waals surface area contributed by atoms with Gasteiger partial charge in [-0.25, -0.2) is 8.42 Å². The third kappa shape index (κ3) is 3.98. The van der Waals surface area contributed by atoms with Crippen LogP contribution in [-0.4, -0.2) is 67.5 Å². The van der Waals surface area contributed by atoms with Crippen LogP contribution >= 0.6 is 11.8 Å². The minimum absolute atomic E-state index is 0.107. The van der Waals surface area contributed by atoms with Gasteiger partial charge in [-0.1, -0.05) is 12.1 Å². The lowest BCUT2D eigenvalue weighted by molar-refractivity contribution is 0.0786. The molecule has 0 radical (unpaired) electrons. The quantitative estimate of drug-likeness (QED) is 0.752. The number of fused-ring (bicyclic) bond motifs is 1. The van der Waals surface area contributed by atoms with Crippen LogP contribution in [0.4, 0.5) is 0 Å². The van der Waals surface area contributed by atoms with E-state index in [1.54, 1.807) is 11.8 Å². The van der Waals surface area contributed by atoms with Gasteiger partial charge in [0.15, 0.2) is 11.5 Å². The first-order valence-electron chi connectivity index (χ1n) is 8.97. The van der Waals surface area contributed by atoms with E-state index in [9.17, 15) is 13.2 Å². The molecular weight excluding hydrogens is 402 g/mol. The van der Waals surface area contributed by atoms with Gasteiger partial charge in [0.25, 0.3) is 5.91 Å². The van der Waals surface area contributed by atoms with Gasteiger partial charge >= 0.3 is 0 Å². The number of aromatic nitrogens is 1. The van der Waals surface area contributed by atoms with Crippen molar-refractivity contribution in [2.45, 2.75) is 11.0 Å². The second-order valence-electron chi connectivity index (χ2n) is 6.47. The Morgan fingerprint density at radius 2 is 2.00 bits per heavy atom. The number of thioether (sulfide) groups is 1. The Bertz CT molecular complexity index is 954. The largest absolute Gasteiger partial charge is 0.486 e. The molecule has 1 aromatic heterocycles. The maximum atomic E-state index is 12.7. The fraction of sp³-hybridized carbons (Fsp3) is 0.389. The van der Waals surface area contributed by atoms with E-state index in [0.29, 0.717) is 31.2 Å². The van der Waals surface area contributed by atoms with Gasteiger partial charge < -0.3 is 19.8 Å². The highest BCUT2D eigenvalue weighted by atomic mass is 32.2. The number of nitrogens with one attached hydrogen (secondary N) is 2. The van der Waals surface area contributed by atoms with Crippen LogP contribution < -0.4 is 14.8 Å². The molecule has 1 aromatic carbocycles. The summed E-state index contributed by atoms with van der Waals surface area (Å²) >= 11 is 1.74. The molecule has 0 saturated carbocycles. The van der Waals surface area contributed by atoms with E-state index < -0.39 is 15.9 Å². The van der Waals surface area contributed by atoms with Crippen LogP contribution in [0.25, 0.3) is 0 Å². The Kier molecular flexibility index (Phi) is 5.51. The number of H-pyrrole nitrogens is 1. The number of hydrogen-bond acceptors (Lipinski definition) is 6. The zero-order valence-corrected chi connectivity index (χ0v) is 16.7. The number of hydrogen-bond donors (Lipinski definition) is 2. The van der Waals surface area contributed by atoms with Crippen molar-refractivity contribution >= 4 is 27.7 Å². The summed E-state index contributed by atoms with van der Waals surface area (Å²) in [5.74, 6) is 2.49. The number of carbonyl (C=O) groups excluding carboxylic acids is 1. The Balaban J connectivity index is 1.36. The number of aromatic amines is 1. The summed E-state index contributed by atoms with van der Waals surface area (Å²) in [5.41, 5.74) is 0.196. The van der Waals surface area contributed by atoms with E-state index >= 15 is 0 Å². The maximum absolute atomic E-state index is 12.7. The summed E-state index contributed by atoms with van der Waals surface area (Å²) in [4.78, 5) is 15.3. The normalized spacial score (nSPS) is 19.9. The second kappa shape index (κ2) is 8.06. The molecule has 3 heterocycles. The molecule has 0 bridgehead atoms. The molecule has 1 unspecified atom stereocenters. The van der Waals surface area contributed by atoms with E-state index in [1.165, 1.54) is 16.6 Å². The third-order valence-corrected chi connectivity index (χ3v) is 7.39. The van der Waals surface area contributed by atoms with Crippen molar-refractivity contribution in [1.82, 2.24) is 14.6 Å². The van der Waals surface area contributed by atoms with Crippen LogP contribution in [0.2, 0.25) is 0 Å². The summed E-state index contributed by atoms with van der Waals surface area (Å²) < 4.78 is 38.2. The molecule has 2 aromatic rings. The molecule has 2 aliphatic heterocycles. The van der Waals surface area contributed by atoms with Crippen molar-refractivity contribution in [2.75, 3.05) is 37.7 Å². The standard InChI is InChI=1S/C18H21N3O5S2/c22-18(20-10-13-12-25-16-3-1-2-4-17(16)26-13)15-9-14(11-19-15)28(23,24)21-5-7-27-8-6-21/h1-4,9,11,13,19H,5-8,10,12H2,(H,20,22). The van der Waals surface area contributed by atoms with E-state index in [2.05, 4.69) is 10.3 Å². The monoisotopic (exact) mass is 423 g/mol. The lowest BCUT2D eigenvalue weighted by Gasteiger charge is -2.26. The van der Waals surface area contributed by atoms with Gasteiger partial charge in [-0.3, -0.25) is 4.79 Å². The molecule has 4 rings (SSSR count). The SMILES string of the molecule is O=C(NCC1COc2ccccc2O1)c1cc(S(=O)(=O)N2CCSCC2)c[nH]1. The molecule has 1 fully saturated rings. The Morgan fingerprint density at radius 3 is 2.79 bits per heavy atom. The third-order valence-electron chi connectivity index (χ3n) is 4.57. The Morgan fingerprint density at radius 1 is 1.25 bits per heavy atom. The van der Waals surface area contributed by atoms with E-state index in [-0.39, 0.29) is 23.2 Å². The minimum Gasteiger partial charge on any atom is -0.486 e. The Hall–Kier alpha value is -2.17. The predicted molar refractivity (Wildman–Crippen MR) is 106 cm³/mol. The van der Waals surface area contributed by atoms with Crippen LogP contribution in [0.5, 0.6) is 11.5 Å². The smallest absolute Gasteiger partial charge is 0.267 e. The molecule has 28 heavy (non-hydrogen) atoms. The van der Waals surface area contributed by atoms with Crippen LogP contribution in [0.3, 0.4) is 0 Å². The summed E-state index contributed by atoms with van der Waals surface area (Å²) in [6.07, 6.45) is 1.05. The topological polar surface area (TPSA) is 101 Å². The number of nitrogens with zero attached hydrogens (tertiary/aromatic N) is 1. The van der Waals surface area contributed by atoms with Crippen molar-refractivity contribution < 1.29 is 22.7 Å². The van der Waals surface area contributed by atoms with Crippen molar-refractivity contribution in [3.63, 3.8) is 0 Å².